The first kappa shape index (κ1) is 24.1. The molecule has 1 aliphatic rings. The summed E-state index contributed by atoms with van der Waals surface area (Å²) in [6.07, 6.45) is -0.0810. The number of aryl methyl sites for hydroxylation is 1. The topological polar surface area (TPSA) is 121 Å². The molecule has 2 aromatic heterocycles. The van der Waals surface area contributed by atoms with Gasteiger partial charge in [0.1, 0.15) is 17.1 Å². The summed E-state index contributed by atoms with van der Waals surface area (Å²) in [6, 6.07) is 24.2. The van der Waals surface area contributed by atoms with Crippen LogP contribution >= 0.6 is 0 Å². The molecule has 0 spiro atoms. The number of nitriles is 1. The van der Waals surface area contributed by atoms with Crippen LogP contribution in [0.3, 0.4) is 0 Å². The summed E-state index contributed by atoms with van der Waals surface area (Å²) in [5.74, 6) is 1.02. The summed E-state index contributed by atoms with van der Waals surface area (Å²) in [7, 11) is 1.59. The van der Waals surface area contributed by atoms with Gasteiger partial charge in [-0.25, -0.2) is 9.78 Å². The van der Waals surface area contributed by atoms with Crippen LogP contribution in [0.5, 0.6) is 23.1 Å². The van der Waals surface area contributed by atoms with Gasteiger partial charge >= 0.3 is 5.63 Å². The van der Waals surface area contributed by atoms with Crippen molar-refractivity contribution in [1.82, 2.24) is 4.98 Å². The third-order valence-corrected chi connectivity index (χ3v) is 6.80. The molecule has 0 aliphatic carbocycles. The maximum Gasteiger partial charge on any atom is 0.344 e. The van der Waals surface area contributed by atoms with Crippen molar-refractivity contribution in [2.45, 2.75) is 19.3 Å². The van der Waals surface area contributed by atoms with Crippen molar-refractivity contribution in [2.24, 2.45) is 5.73 Å². The van der Waals surface area contributed by atoms with E-state index in [9.17, 15) is 10.1 Å². The summed E-state index contributed by atoms with van der Waals surface area (Å²) in [5.41, 5.74) is 9.13. The minimum atomic E-state index is -0.808. The number of rotatable bonds is 5. The maximum absolute atomic E-state index is 13.5. The number of hydrogen-bond donors (Lipinski definition) is 1. The van der Waals surface area contributed by atoms with E-state index < -0.39 is 11.5 Å². The molecule has 3 aromatic carbocycles. The van der Waals surface area contributed by atoms with Crippen LogP contribution in [0.25, 0.3) is 21.9 Å². The molecule has 1 unspecified atom stereocenters. The van der Waals surface area contributed by atoms with Crippen LogP contribution in [0, 0.1) is 18.3 Å². The lowest BCUT2D eigenvalue weighted by atomic mass is 9.82. The average Bonchev–Trinajstić information content (AvgIpc) is 2.94. The second-order valence-corrected chi connectivity index (χ2v) is 9.24. The van der Waals surface area contributed by atoms with Crippen molar-refractivity contribution in [2.75, 3.05) is 7.11 Å². The molecule has 8 nitrogen and oxygen atoms in total. The van der Waals surface area contributed by atoms with E-state index in [-0.39, 0.29) is 29.5 Å². The van der Waals surface area contributed by atoms with Crippen LogP contribution in [-0.4, -0.2) is 12.1 Å². The number of nitrogens with two attached hydrogens (primary N) is 1. The van der Waals surface area contributed by atoms with Crippen molar-refractivity contribution in [3.63, 3.8) is 0 Å². The van der Waals surface area contributed by atoms with Gasteiger partial charge in [0, 0.05) is 16.5 Å². The molecule has 3 heterocycles. The predicted molar refractivity (Wildman–Crippen MR) is 146 cm³/mol. The molecule has 1 atom stereocenters. The van der Waals surface area contributed by atoms with Crippen molar-refractivity contribution in [3.05, 3.63) is 111 Å². The van der Waals surface area contributed by atoms with E-state index in [1.807, 2.05) is 61.5 Å². The van der Waals surface area contributed by atoms with Crippen LogP contribution < -0.4 is 25.6 Å². The first-order valence-corrected chi connectivity index (χ1v) is 12.3. The Bertz CT molecular complexity index is 1880. The van der Waals surface area contributed by atoms with Crippen LogP contribution in [0.2, 0.25) is 0 Å². The normalized spacial score (nSPS) is 14.5. The van der Waals surface area contributed by atoms with Crippen LogP contribution in [0.4, 0.5) is 0 Å². The predicted octanol–water partition coefficient (Wildman–Crippen LogP) is 6.06. The third-order valence-electron chi connectivity index (χ3n) is 6.80. The number of hydrogen-bond acceptors (Lipinski definition) is 8. The molecule has 0 saturated carbocycles. The molecule has 39 heavy (non-hydrogen) atoms. The highest BCUT2D eigenvalue weighted by atomic mass is 16.5. The number of fused-ring (bicyclic) bond motifs is 4. The lowest BCUT2D eigenvalue weighted by Crippen LogP contribution is -2.27. The van der Waals surface area contributed by atoms with Crippen LogP contribution in [0.15, 0.2) is 93.5 Å². The molecule has 0 bridgehead atoms. The van der Waals surface area contributed by atoms with Crippen molar-refractivity contribution >= 4 is 21.9 Å². The Morgan fingerprint density at radius 2 is 1.82 bits per heavy atom. The molecule has 6 rings (SSSR count). The van der Waals surface area contributed by atoms with E-state index >= 15 is 0 Å². The van der Waals surface area contributed by atoms with Crippen molar-refractivity contribution in [1.29, 1.82) is 5.26 Å². The molecule has 1 aliphatic heterocycles. The summed E-state index contributed by atoms with van der Waals surface area (Å²) in [5, 5.41) is 11.0. The molecule has 0 saturated heterocycles. The lowest BCUT2D eigenvalue weighted by Gasteiger charge is -2.29. The Morgan fingerprint density at radius 1 is 1.05 bits per heavy atom. The summed E-state index contributed by atoms with van der Waals surface area (Å²) in [4.78, 5) is 18.3. The average molecular weight is 518 g/mol. The zero-order valence-electron chi connectivity index (χ0n) is 21.2. The minimum Gasteiger partial charge on any atom is -0.497 e. The van der Waals surface area contributed by atoms with E-state index in [0.717, 1.165) is 10.9 Å². The summed E-state index contributed by atoms with van der Waals surface area (Å²) < 4.78 is 23.5. The Kier molecular flexibility index (Phi) is 5.89. The zero-order chi connectivity index (χ0) is 27.1. The minimum absolute atomic E-state index is 0.0526. The van der Waals surface area contributed by atoms with Crippen molar-refractivity contribution in [3.8, 4) is 29.2 Å². The maximum atomic E-state index is 13.5. The van der Waals surface area contributed by atoms with E-state index in [1.54, 1.807) is 25.3 Å². The van der Waals surface area contributed by atoms with E-state index in [1.165, 1.54) is 0 Å². The van der Waals surface area contributed by atoms with Crippen LogP contribution in [0.1, 0.15) is 29.0 Å². The van der Waals surface area contributed by atoms with Gasteiger partial charge in [-0.15, -0.1) is 0 Å². The third kappa shape index (κ3) is 4.20. The molecule has 8 heteroatoms. The fourth-order valence-electron chi connectivity index (χ4n) is 4.89. The number of para-hydroxylation sites is 1. The van der Waals surface area contributed by atoms with Gasteiger partial charge in [0.15, 0.2) is 11.6 Å². The van der Waals surface area contributed by atoms with Gasteiger partial charge in [-0.3, -0.25) is 0 Å². The van der Waals surface area contributed by atoms with Gasteiger partial charge < -0.3 is 24.4 Å². The molecular weight excluding hydrogens is 494 g/mol. The monoisotopic (exact) mass is 517 g/mol. The van der Waals surface area contributed by atoms with Crippen molar-refractivity contribution < 1.29 is 18.6 Å². The number of aromatic nitrogens is 1. The van der Waals surface area contributed by atoms with E-state index in [0.29, 0.717) is 39.1 Å². The highest BCUT2D eigenvalue weighted by molar-refractivity contribution is 5.87. The second-order valence-electron chi connectivity index (χ2n) is 9.24. The fraction of sp³-hybridized carbons (Fsp3) is 0.129. The molecule has 5 aromatic rings. The number of nitrogens with zero attached hydrogens (tertiary/aromatic N) is 2. The van der Waals surface area contributed by atoms with Gasteiger partial charge in [0.05, 0.1) is 42.0 Å². The highest BCUT2D eigenvalue weighted by Crippen LogP contribution is 2.47. The number of pyridine rings is 1. The second kappa shape index (κ2) is 9.54. The lowest BCUT2D eigenvalue weighted by molar-refractivity contribution is 0.379. The molecule has 0 fully saturated rings. The van der Waals surface area contributed by atoms with E-state index in [2.05, 4.69) is 6.07 Å². The van der Waals surface area contributed by atoms with Gasteiger partial charge in [-0.1, -0.05) is 29.8 Å². The van der Waals surface area contributed by atoms with Gasteiger partial charge in [0.25, 0.3) is 0 Å². The first-order valence-electron chi connectivity index (χ1n) is 12.3. The Hall–Kier alpha value is -5.29. The molecular formula is C31H23N3O5. The Labute approximate surface area is 223 Å². The smallest absolute Gasteiger partial charge is 0.344 e. The standard InChI is InChI=1S/C31H23N3O5/c1-17-7-9-19(10-8-17)37-30-23(16-18-15-20(36-2)11-12-24(18)34-30)26-22(13-14-32)29(33)39-28-21-5-3-4-6-25(21)38-31(35)27(26)28/h3-12,15-16,26H,13,33H2,1-2H3. The quantitative estimate of drug-likeness (QED) is 0.279. The zero-order valence-corrected chi connectivity index (χ0v) is 21.2. The van der Waals surface area contributed by atoms with Gasteiger partial charge in [-0.05, 0) is 55.5 Å². The van der Waals surface area contributed by atoms with Crippen LogP contribution in [-0.2, 0) is 0 Å². The summed E-state index contributed by atoms with van der Waals surface area (Å²) in [6.45, 7) is 1.99. The number of allylic oxidation sites excluding steroid dienone is 1. The van der Waals surface area contributed by atoms with E-state index in [4.69, 9.17) is 29.3 Å². The van der Waals surface area contributed by atoms with Gasteiger partial charge in [-0.2, -0.15) is 5.26 Å². The Balaban J connectivity index is 1.66. The highest BCUT2D eigenvalue weighted by Gasteiger charge is 2.37. The number of methoxy groups -OCH3 is 1. The number of benzene rings is 3. The number of ether oxygens (including phenoxy) is 3. The molecule has 0 radical (unpaired) electrons. The van der Waals surface area contributed by atoms with Gasteiger partial charge in [0.2, 0.25) is 5.88 Å². The fourth-order valence-corrected chi connectivity index (χ4v) is 4.89. The summed E-state index contributed by atoms with van der Waals surface area (Å²) >= 11 is 0. The SMILES string of the molecule is COc1ccc2nc(Oc3ccc(C)cc3)c(C3C(CC#N)=C(N)Oc4c3c(=O)oc3ccccc43)cc2c1. The largest absolute Gasteiger partial charge is 0.497 e. The first-order chi connectivity index (χ1) is 19.0. The molecule has 2 N–H and O–H groups in total. The molecule has 192 valence electrons. The Morgan fingerprint density at radius 3 is 2.59 bits per heavy atom. The molecule has 0 amide bonds.